The Morgan fingerprint density at radius 2 is 1.39 bits per heavy atom. The molecular weight excluding hydrogens is 410 g/mol. The average Bonchev–Trinajstić information content (AvgIpc) is 3.61. The molecule has 3 aromatic heterocycles. The Bertz CT molecular complexity index is 1330. The molecule has 0 N–H and O–H groups in total. The van der Waals surface area contributed by atoms with Crippen LogP contribution in [0.15, 0.2) is 66.0 Å². The van der Waals surface area contributed by atoms with Crippen LogP contribution in [0.3, 0.4) is 0 Å². The van der Waals surface area contributed by atoms with E-state index in [0.29, 0.717) is 23.4 Å². The van der Waals surface area contributed by atoms with Crippen molar-refractivity contribution in [2.75, 3.05) is 0 Å². The molecule has 33 heavy (non-hydrogen) atoms. The molecule has 1 aromatic carbocycles. The van der Waals surface area contributed by atoms with Gasteiger partial charge in [-0.05, 0) is 72.9 Å². The summed E-state index contributed by atoms with van der Waals surface area (Å²) in [6, 6.07) is 11.3. The molecule has 0 bridgehead atoms. The van der Waals surface area contributed by atoms with Gasteiger partial charge in [-0.1, -0.05) is 18.2 Å². The number of benzene rings is 1. The second-order valence-corrected chi connectivity index (χ2v) is 9.58. The minimum atomic E-state index is -0.0731. The molecule has 3 heterocycles. The highest BCUT2D eigenvalue weighted by atomic mass is 16.1. The standard InChI is InChI=1S/C27H27N5O/c33-27-10-9-21-3-1-2-4-24(21)32(27)23-16-30-26(31-17-23)13-19-6-5-18(11-19)12-25-28-14-22(15-29-25)20-7-8-20/h1-4,9-10,14-20H,5-8,11-13H2/t18-,19-/m0/s1. The molecular formula is C27H27N5O. The maximum atomic E-state index is 12.5. The summed E-state index contributed by atoms with van der Waals surface area (Å²) in [6.07, 6.45) is 15.6. The quantitative estimate of drug-likeness (QED) is 0.439. The van der Waals surface area contributed by atoms with Crippen LogP contribution in [0.5, 0.6) is 0 Å². The van der Waals surface area contributed by atoms with Crippen molar-refractivity contribution in [3.63, 3.8) is 0 Å². The van der Waals surface area contributed by atoms with Crippen molar-refractivity contribution in [1.82, 2.24) is 24.5 Å². The van der Waals surface area contributed by atoms with Gasteiger partial charge < -0.3 is 0 Å². The van der Waals surface area contributed by atoms with Crippen molar-refractivity contribution in [2.45, 2.75) is 50.9 Å². The molecule has 166 valence electrons. The minimum Gasteiger partial charge on any atom is -0.274 e. The van der Waals surface area contributed by atoms with Crippen LogP contribution in [0.1, 0.15) is 55.2 Å². The number of nitrogens with zero attached hydrogens (tertiary/aromatic N) is 5. The fraction of sp³-hybridized carbons (Fsp3) is 0.370. The van der Waals surface area contributed by atoms with Gasteiger partial charge in [0.05, 0.1) is 23.6 Å². The lowest BCUT2D eigenvalue weighted by Crippen LogP contribution is -2.18. The van der Waals surface area contributed by atoms with E-state index < -0.39 is 0 Å². The van der Waals surface area contributed by atoms with Crippen LogP contribution in [-0.2, 0) is 12.8 Å². The van der Waals surface area contributed by atoms with E-state index in [1.165, 1.54) is 37.7 Å². The first-order valence-electron chi connectivity index (χ1n) is 12.0. The number of pyridine rings is 1. The summed E-state index contributed by atoms with van der Waals surface area (Å²) in [5.74, 6) is 3.76. The molecule has 2 fully saturated rings. The van der Waals surface area contributed by atoms with Crippen LogP contribution >= 0.6 is 0 Å². The Balaban J connectivity index is 1.11. The fourth-order valence-electron chi connectivity index (χ4n) is 5.18. The zero-order valence-corrected chi connectivity index (χ0v) is 18.6. The third-order valence-electron chi connectivity index (χ3n) is 7.12. The first-order valence-corrected chi connectivity index (χ1v) is 12.0. The van der Waals surface area contributed by atoms with Gasteiger partial charge in [0.2, 0.25) is 0 Å². The summed E-state index contributed by atoms with van der Waals surface area (Å²) < 4.78 is 1.68. The Morgan fingerprint density at radius 3 is 2.06 bits per heavy atom. The van der Waals surface area contributed by atoms with E-state index in [1.54, 1.807) is 23.0 Å². The van der Waals surface area contributed by atoms with E-state index in [4.69, 9.17) is 0 Å². The van der Waals surface area contributed by atoms with Gasteiger partial charge in [-0.25, -0.2) is 19.9 Å². The lowest BCUT2D eigenvalue weighted by Gasteiger charge is -2.12. The van der Waals surface area contributed by atoms with Gasteiger partial charge in [-0.2, -0.15) is 0 Å². The molecule has 4 aromatic rings. The van der Waals surface area contributed by atoms with E-state index in [1.807, 2.05) is 42.7 Å². The van der Waals surface area contributed by atoms with E-state index in [2.05, 4.69) is 19.9 Å². The molecule has 0 radical (unpaired) electrons. The lowest BCUT2D eigenvalue weighted by molar-refractivity contribution is 0.472. The summed E-state index contributed by atoms with van der Waals surface area (Å²) in [6.45, 7) is 0. The number of hydrogen-bond donors (Lipinski definition) is 0. The Morgan fingerprint density at radius 1 is 0.758 bits per heavy atom. The highest BCUT2D eigenvalue weighted by molar-refractivity contribution is 5.80. The third kappa shape index (κ3) is 4.30. The molecule has 0 unspecified atom stereocenters. The number of fused-ring (bicyclic) bond motifs is 1. The second kappa shape index (κ2) is 8.50. The molecule has 0 spiro atoms. The molecule has 2 atom stereocenters. The van der Waals surface area contributed by atoms with Crippen LogP contribution in [0.2, 0.25) is 0 Å². The summed E-state index contributed by atoms with van der Waals surface area (Å²) in [5.41, 5.74) is 2.80. The monoisotopic (exact) mass is 437 g/mol. The fourth-order valence-corrected chi connectivity index (χ4v) is 5.18. The Labute approximate surface area is 192 Å². The van der Waals surface area contributed by atoms with Crippen molar-refractivity contribution in [3.8, 4) is 5.69 Å². The molecule has 6 rings (SSSR count). The number of hydrogen-bond acceptors (Lipinski definition) is 5. The largest absolute Gasteiger partial charge is 0.274 e. The van der Waals surface area contributed by atoms with Gasteiger partial charge >= 0.3 is 0 Å². The van der Waals surface area contributed by atoms with Gasteiger partial charge in [0.1, 0.15) is 11.6 Å². The van der Waals surface area contributed by atoms with Gasteiger partial charge in [0, 0.05) is 31.3 Å². The molecule has 0 aliphatic heterocycles. The molecule has 2 saturated carbocycles. The van der Waals surface area contributed by atoms with E-state index >= 15 is 0 Å². The number of aromatic nitrogens is 5. The number of rotatable bonds is 6. The van der Waals surface area contributed by atoms with Crippen LogP contribution in [0.25, 0.3) is 16.6 Å². The first-order chi connectivity index (χ1) is 16.2. The van der Waals surface area contributed by atoms with Crippen LogP contribution in [-0.4, -0.2) is 24.5 Å². The van der Waals surface area contributed by atoms with Crippen molar-refractivity contribution in [2.24, 2.45) is 11.8 Å². The van der Waals surface area contributed by atoms with Crippen LogP contribution in [0, 0.1) is 11.8 Å². The minimum absolute atomic E-state index is 0.0731. The topological polar surface area (TPSA) is 73.6 Å². The Kier molecular flexibility index (Phi) is 5.21. The van der Waals surface area contributed by atoms with Crippen molar-refractivity contribution in [1.29, 1.82) is 0 Å². The summed E-state index contributed by atoms with van der Waals surface area (Å²) in [5, 5.41) is 1.02. The predicted octanol–water partition coefficient (Wildman–Crippen LogP) is 4.65. The second-order valence-electron chi connectivity index (χ2n) is 9.58. The zero-order chi connectivity index (χ0) is 22.2. The van der Waals surface area contributed by atoms with E-state index in [0.717, 1.165) is 35.4 Å². The van der Waals surface area contributed by atoms with Crippen LogP contribution < -0.4 is 5.56 Å². The Hall–Kier alpha value is -3.41. The third-order valence-corrected chi connectivity index (χ3v) is 7.12. The van der Waals surface area contributed by atoms with E-state index in [-0.39, 0.29) is 5.56 Å². The molecule has 2 aliphatic rings. The van der Waals surface area contributed by atoms with Gasteiger partial charge in [-0.15, -0.1) is 0 Å². The zero-order valence-electron chi connectivity index (χ0n) is 18.6. The lowest BCUT2D eigenvalue weighted by atomic mass is 9.99. The van der Waals surface area contributed by atoms with E-state index in [9.17, 15) is 4.79 Å². The molecule has 6 nitrogen and oxygen atoms in total. The maximum Gasteiger partial charge on any atom is 0.255 e. The number of para-hydroxylation sites is 1. The van der Waals surface area contributed by atoms with Crippen molar-refractivity contribution >= 4 is 10.9 Å². The normalized spacial score (nSPS) is 20.4. The first kappa shape index (κ1) is 20.2. The van der Waals surface area contributed by atoms with Gasteiger partial charge in [-0.3, -0.25) is 9.36 Å². The maximum absolute atomic E-state index is 12.5. The van der Waals surface area contributed by atoms with Crippen LogP contribution in [0.4, 0.5) is 0 Å². The van der Waals surface area contributed by atoms with Crippen molar-refractivity contribution < 1.29 is 0 Å². The molecule has 0 amide bonds. The summed E-state index contributed by atoms with van der Waals surface area (Å²) in [4.78, 5) is 31.0. The molecule has 0 saturated heterocycles. The highest BCUT2D eigenvalue weighted by Crippen LogP contribution is 2.39. The smallest absolute Gasteiger partial charge is 0.255 e. The predicted molar refractivity (Wildman–Crippen MR) is 127 cm³/mol. The average molecular weight is 438 g/mol. The molecule has 6 heteroatoms. The highest BCUT2D eigenvalue weighted by Gasteiger charge is 2.27. The summed E-state index contributed by atoms with van der Waals surface area (Å²) >= 11 is 0. The van der Waals surface area contributed by atoms with Gasteiger partial charge in [0.25, 0.3) is 5.56 Å². The van der Waals surface area contributed by atoms with Gasteiger partial charge in [0.15, 0.2) is 0 Å². The summed E-state index contributed by atoms with van der Waals surface area (Å²) in [7, 11) is 0. The SMILES string of the molecule is O=c1ccc2ccccc2n1-c1cnc(C[C@H]2CC[C@H](Cc3ncc(C4CC4)cn3)C2)nc1. The molecule has 2 aliphatic carbocycles. The van der Waals surface area contributed by atoms with Crippen molar-refractivity contribution in [3.05, 3.63) is 88.8 Å².